The number of aliphatic imine (C=N–C) groups is 1. The van der Waals surface area contributed by atoms with Crippen molar-refractivity contribution < 1.29 is 19.7 Å². The first-order chi connectivity index (χ1) is 9.98. The van der Waals surface area contributed by atoms with Gasteiger partial charge in [-0.2, -0.15) is 0 Å². The van der Waals surface area contributed by atoms with Crippen molar-refractivity contribution in [3.63, 3.8) is 0 Å². The molecular formula is C15H13NO4S. The number of hydrogen-bond donors (Lipinski definition) is 2. The number of rotatable bonds is 2. The molecule has 1 aliphatic heterocycles. The summed E-state index contributed by atoms with van der Waals surface area (Å²) in [5.41, 5.74) is -0.495. The van der Waals surface area contributed by atoms with Gasteiger partial charge < -0.3 is 14.9 Å². The molecule has 0 amide bonds. The molecule has 0 unspecified atom stereocenters. The minimum Gasteiger partial charge on any atom is -0.507 e. The van der Waals surface area contributed by atoms with Crippen molar-refractivity contribution in [1.82, 2.24) is 0 Å². The third kappa shape index (κ3) is 2.54. The van der Waals surface area contributed by atoms with Crippen LogP contribution in [0.4, 0.5) is 4.79 Å². The molecule has 2 aromatic rings. The molecule has 1 aliphatic rings. The van der Waals surface area contributed by atoms with Gasteiger partial charge in [-0.05, 0) is 23.8 Å². The Morgan fingerprint density at radius 2 is 2.10 bits per heavy atom. The van der Waals surface area contributed by atoms with Gasteiger partial charge in [0, 0.05) is 0 Å². The Morgan fingerprint density at radius 1 is 1.33 bits per heavy atom. The summed E-state index contributed by atoms with van der Waals surface area (Å²) in [6.45, 7) is 1.61. The molecule has 1 heterocycles. The molecule has 0 radical (unpaired) electrons. The SMILES string of the molecule is C[C@]1(OC(=O)O)CSC(c2c(O)ccc3ccccc23)=N1. The minimum absolute atomic E-state index is 0.125. The van der Waals surface area contributed by atoms with E-state index in [0.29, 0.717) is 16.4 Å². The van der Waals surface area contributed by atoms with Gasteiger partial charge in [0.05, 0.1) is 11.3 Å². The molecular weight excluding hydrogens is 290 g/mol. The van der Waals surface area contributed by atoms with E-state index in [0.717, 1.165) is 10.8 Å². The Labute approximate surface area is 125 Å². The van der Waals surface area contributed by atoms with E-state index in [1.807, 2.05) is 30.3 Å². The quantitative estimate of drug-likeness (QED) is 0.831. The summed E-state index contributed by atoms with van der Waals surface area (Å²) >= 11 is 1.38. The van der Waals surface area contributed by atoms with Crippen LogP contribution in [0.2, 0.25) is 0 Å². The number of hydrogen-bond acceptors (Lipinski definition) is 5. The van der Waals surface area contributed by atoms with E-state index < -0.39 is 11.9 Å². The molecule has 2 aromatic carbocycles. The fraction of sp³-hybridized carbons (Fsp3) is 0.200. The Hall–Kier alpha value is -2.21. The van der Waals surface area contributed by atoms with E-state index in [1.54, 1.807) is 13.0 Å². The van der Waals surface area contributed by atoms with Crippen LogP contribution < -0.4 is 0 Å². The third-order valence-electron chi connectivity index (χ3n) is 3.24. The third-order valence-corrected chi connectivity index (χ3v) is 4.49. The van der Waals surface area contributed by atoms with E-state index in [4.69, 9.17) is 9.84 Å². The number of carboxylic acid groups (broad SMARTS) is 1. The second-order valence-electron chi connectivity index (χ2n) is 4.93. The topological polar surface area (TPSA) is 79.1 Å². The molecule has 0 fully saturated rings. The molecule has 3 rings (SSSR count). The van der Waals surface area contributed by atoms with Gasteiger partial charge in [-0.1, -0.05) is 42.1 Å². The van der Waals surface area contributed by atoms with Crippen LogP contribution in [0.15, 0.2) is 41.4 Å². The van der Waals surface area contributed by atoms with E-state index in [-0.39, 0.29) is 5.75 Å². The molecule has 0 saturated carbocycles. The van der Waals surface area contributed by atoms with Crippen molar-refractivity contribution in [2.75, 3.05) is 5.75 Å². The molecule has 21 heavy (non-hydrogen) atoms. The van der Waals surface area contributed by atoms with Gasteiger partial charge in [0.1, 0.15) is 10.8 Å². The molecule has 5 nitrogen and oxygen atoms in total. The molecule has 2 N–H and O–H groups in total. The molecule has 0 aliphatic carbocycles. The van der Waals surface area contributed by atoms with Crippen LogP contribution in [0.3, 0.4) is 0 Å². The van der Waals surface area contributed by atoms with Crippen LogP contribution in [0.1, 0.15) is 12.5 Å². The summed E-state index contributed by atoms with van der Waals surface area (Å²) in [7, 11) is 0. The summed E-state index contributed by atoms with van der Waals surface area (Å²) in [6.07, 6.45) is -1.36. The Bertz CT molecular complexity index is 758. The van der Waals surface area contributed by atoms with Gasteiger partial charge in [-0.15, -0.1) is 0 Å². The van der Waals surface area contributed by atoms with Crippen molar-refractivity contribution >= 4 is 33.7 Å². The minimum atomic E-state index is -1.36. The number of thioether (sulfide) groups is 1. The summed E-state index contributed by atoms with van der Waals surface area (Å²) in [4.78, 5) is 15.1. The van der Waals surface area contributed by atoms with Gasteiger partial charge in [0.25, 0.3) is 0 Å². The van der Waals surface area contributed by atoms with Crippen LogP contribution in [-0.4, -0.2) is 32.9 Å². The Balaban J connectivity index is 2.11. The van der Waals surface area contributed by atoms with Crippen LogP contribution >= 0.6 is 11.8 Å². The van der Waals surface area contributed by atoms with Gasteiger partial charge in [-0.3, -0.25) is 0 Å². The van der Waals surface area contributed by atoms with Gasteiger partial charge in [-0.25, -0.2) is 9.79 Å². The van der Waals surface area contributed by atoms with Crippen LogP contribution in [-0.2, 0) is 4.74 Å². The second-order valence-corrected chi connectivity index (χ2v) is 5.89. The van der Waals surface area contributed by atoms with Crippen molar-refractivity contribution in [2.45, 2.75) is 12.6 Å². The fourth-order valence-electron chi connectivity index (χ4n) is 2.33. The monoisotopic (exact) mass is 303 g/mol. The molecule has 0 aromatic heterocycles. The maximum atomic E-state index is 10.7. The maximum Gasteiger partial charge on any atom is 0.507 e. The second kappa shape index (κ2) is 4.96. The first-order valence-electron chi connectivity index (χ1n) is 6.34. The molecule has 1 atom stereocenters. The maximum absolute atomic E-state index is 10.7. The number of aromatic hydroxyl groups is 1. The first-order valence-corrected chi connectivity index (χ1v) is 7.33. The predicted molar refractivity (Wildman–Crippen MR) is 82.1 cm³/mol. The Kier molecular flexibility index (Phi) is 3.25. The number of phenols is 1. The van der Waals surface area contributed by atoms with E-state index in [2.05, 4.69) is 4.99 Å². The smallest absolute Gasteiger partial charge is 0.507 e. The summed E-state index contributed by atoms with van der Waals surface area (Å²) in [5.74, 6) is 0.511. The van der Waals surface area contributed by atoms with Crippen molar-refractivity contribution in [3.05, 3.63) is 42.0 Å². The highest BCUT2D eigenvalue weighted by molar-refractivity contribution is 8.14. The van der Waals surface area contributed by atoms with Gasteiger partial charge in [0.2, 0.25) is 5.72 Å². The summed E-state index contributed by atoms with van der Waals surface area (Å²) in [5, 5.41) is 21.4. The average Bonchev–Trinajstić information content (AvgIpc) is 2.79. The van der Waals surface area contributed by atoms with Crippen molar-refractivity contribution in [1.29, 1.82) is 0 Å². The average molecular weight is 303 g/mol. The zero-order valence-corrected chi connectivity index (χ0v) is 12.1. The molecule has 6 heteroatoms. The standard InChI is InChI=1S/C15H13NO4S/c1-15(20-14(18)19)8-21-13(16-15)12-10-5-3-2-4-9(10)6-7-11(12)17/h2-7,17H,8H2,1H3,(H,18,19)/t15-/m0/s1. The fourth-order valence-corrected chi connectivity index (χ4v) is 3.48. The van der Waals surface area contributed by atoms with Crippen molar-refractivity contribution in [2.24, 2.45) is 4.99 Å². The number of phenolic OH excluding ortho intramolecular Hbond substituents is 1. The number of benzene rings is 2. The van der Waals surface area contributed by atoms with Gasteiger partial charge >= 0.3 is 6.16 Å². The number of ether oxygens (including phenoxy) is 1. The number of nitrogens with zero attached hydrogens (tertiary/aromatic N) is 1. The number of fused-ring (bicyclic) bond motifs is 1. The Morgan fingerprint density at radius 3 is 2.86 bits per heavy atom. The lowest BCUT2D eigenvalue weighted by Crippen LogP contribution is -2.29. The first kappa shape index (κ1) is 13.8. The lowest BCUT2D eigenvalue weighted by Gasteiger charge is -2.17. The molecule has 0 saturated heterocycles. The van der Waals surface area contributed by atoms with Crippen LogP contribution in [0.25, 0.3) is 10.8 Å². The highest BCUT2D eigenvalue weighted by atomic mass is 32.2. The molecule has 0 spiro atoms. The summed E-state index contributed by atoms with van der Waals surface area (Å²) in [6, 6.07) is 11.1. The van der Waals surface area contributed by atoms with Crippen molar-refractivity contribution in [3.8, 4) is 5.75 Å². The largest absolute Gasteiger partial charge is 0.507 e. The summed E-state index contributed by atoms with van der Waals surface area (Å²) < 4.78 is 4.83. The van der Waals surface area contributed by atoms with E-state index in [1.165, 1.54) is 11.8 Å². The normalized spacial score (nSPS) is 21.3. The number of carbonyl (C=O) groups is 1. The van der Waals surface area contributed by atoms with Gasteiger partial charge in [0.15, 0.2) is 0 Å². The zero-order valence-electron chi connectivity index (χ0n) is 11.2. The predicted octanol–water partition coefficient (Wildman–Crippen LogP) is 3.45. The highest BCUT2D eigenvalue weighted by Crippen LogP contribution is 2.37. The highest BCUT2D eigenvalue weighted by Gasteiger charge is 2.36. The van der Waals surface area contributed by atoms with Crippen LogP contribution in [0, 0.1) is 0 Å². The lowest BCUT2D eigenvalue weighted by molar-refractivity contribution is 0.0136. The molecule has 108 valence electrons. The zero-order chi connectivity index (χ0) is 15.0. The molecule has 0 bridgehead atoms. The van der Waals surface area contributed by atoms with E-state index >= 15 is 0 Å². The van der Waals surface area contributed by atoms with E-state index in [9.17, 15) is 9.90 Å². The lowest BCUT2D eigenvalue weighted by atomic mass is 10.0. The van der Waals surface area contributed by atoms with Crippen LogP contribution in [0.5, 0.6) is 5.75 Å².